The number of amides is 2. The molecule has 1 fully saturated rings. The summed E-state index contributed by atoms with van der Waals surface area (Å²) in [4.78, 5) is 27.5. The number of carbonyl (C=O) groups excluding carboxylic acids is 2. The van der Waals surface area contributed by atoms with Crippen molar-refractivity contribution in [3.05, 3.63) is 119 Å². The van der Waals surface area contributed by atoms with Gasteiger partial charge >= 0.3 is 6.18 Å². The minimum absolute atomic E-state index is 0.0202. The summed E-state index contributed by atoms with van der Waals surface area (Å²) < 4.78 is 56.0. The van der Waals surface area contributed by atoms with Crippen LogP contribution in [0.25, 0.3) is 6.08 Å². The first-order valence-electron chi connectivity index (χ1n) is 12.8. The number of rotatable bonds is 8. The van der Waals surface area contributed by atoms with Gasteiger partial charge in [-0.05, 0) is 90.6 Å². The number of nitrogens with one attached hydrogen (secondary N) is 1. The maximum Gasteiger partial charge on any atom is 0.416 e. The second-order valence-corrected chi connectivity index (χ2v) is 9.64. The van der Waals surface area contributed by atoms with Crippen LogP contribution in [-0.2, 0) is 22.4 Å². The van der Waals surface area contributed by atoms with E-state index in [9.17, 15) is 22.8 Å². The van der Waals surface area contributed by atoms with Crippen molar-refractivity contribution in [3.63, 3.8) is 0 Å². The van der Waals surface area contributed by atoms with Gasteiger partial charge in [-0.15, -0.1) is 0 Å². The number of thiocarbonyl (C=S) groups is 1. The molecule has 2 amide bonds. The molecule has 5 rings (SSSR count). The van der Waals surface area contributed by atoms with Gasteiger partial charge in [-0.2, -0.15) is 13.2 Å². The fourth-order valence-corrected chi connectivity index (χ4v) is 4.55. The predicted molar refractivity (Wildman–Crippen MR) is 158 cm³/mol. The van der Waals surface area contributed by atoms with E-state index in [-0.39, 0.29) is 23.0 Å². The van der Waals surface area contributed by atoms with E-state index < -0.39 is 23.6 Å². The first kappa shape index (κ1) is 29.3. The summed E-state index contributed by atoms with van der Waals surface area (Å²) >= 11 is 5.30. The lowest BCUT2D eigenvalue weighted by atomic mass is 10.0. The zero-order chi connectivity index (χ0) is 30.6. The first-order valence-corrected chi connectivity index (χ1v) is 13.2. The topological polar surface area (TPSA) is 77.1 Å². The van der Waals surface area contributed by atoms with Crippen molar-refractivity contribution in [3.8, 4) is 23.0 Å². The van der Waals surface area contributed by atoms with Crippen LogP contribution in [0, 0.1) is 0 Å². The molecular weight excluding hydrogens is 581 g/mol. The van der Waals surface area contributed by atoms with Crippen LogP contribution in [0.5, 0.6) is 23.0 Å². The lowest BCUT2D eigenvalue weighted by Crippen LogP contribution is -2.54. The number of methoxy groups -OCH3 is 1. The average molecular weight is 605 g/mol. The summed E-state index contributed by atoms with van der Waals surface area (Å²) in [5, 5.41) is 2.47. The van der Waals surface area contributed by atoms with Crippen LogP contribution in [0.1, 0.15) is 16.7 Å². The van der Waals surface area contributed by atoms with Gasteiger partial charge in [-0.1, -0.05) is 30.3 Å². The van der Waals surface area contributed by atoms with Crippen molar-refractivity contribution in [1.29, 1.82) is 0 Å². The van der Waals surface area contributed by atoms with Crippen LogP contribution in [0.15, 0.2) is 103 Å². The Bertz CT molecular complexity index is 1710. The number of carbonyl (C=O) groups is 2. The van der Waals surface area contributed by atoms with Crippen molar-refractivity contribution < 1.29 is 37.0 Å². The average Bonchev–Trinajstić information content (AvgIpc) is 2.99. The summed E-state index contributed by atoms with van der Waals surface area (Å²) in [5.74, 6) is 0.316. The van der Waals surface area contributed by atoms with Gasteiger partial charge in [-0.3, -0.25) is 19.8 Å². The second kappa shape index (κ2) is 12.4. The Morgan fingerprint density at radius 1 is 0.860 bits per heavy atom. The Morgan fingerprint density at radius 2 is 1.56 bits per heavy atom. The van der Waals surface area contributed by atoms with E-state index in [1.54, 1.807) is 42.5 Å². The van der Waals surface area contributed by atoms with E-state index in [4.69, 9.17) is 26.4 Å². The molecule has 0 saturated carbocycles. The minimum Gasteiger partial charge on any atom is -0.496 e. The molecule has 0 unspecified atom stereocenters. The number of ether oxygens (including phenoxy) is 3. The van der Waals surface area contributed by atoms with Gasteiger partial charge in [0.2, 0.25) is 0 Å². The Hall–Kier alpha value is -5.16. The molecule has 0 spiro atoms. The number of anilines is 1. The lowest BCUT2D eigenvalue weighted by molar-refractivity contribution is -0.137. The number of hydrogen-bond donors (Lipinski definition) is 1. The molecule has 7 nitrogen and oxygen atoms in total. The summed E-state index contributed by atoms with van der Waals surface area (Å²) in [6.45, 7) is -0.130. The molecular formula is C32H23F3N2O5S. The van der Waals surface area contributed by atoms with Crippen molar-refractivity contribution in [1.82, 2.24) is 5.32 Å². The Kier molecular flexibility index (Phi) is 8.44. The molecule has 4 aromatic rings. The highest BCUT2D eigenvalue weighted by Crippen LogP contribution is 2.32. The van der Waals surface area contributed by atoms with Gasteiger partial charge in [0, 0.05) is 5.56 Å². The second-order valence-electron chi connectivity index (χ2n) is 9.25. The van der Waals surface area contributed by atoms with Gasteiger partial charge in [0.25, 0.3) is 11.8 Å². The summed E-state index contributed by atoms with van der Waals surface area (Å²) in [7, 11) is 1.44. The third-order valence-electron chi connectivity index (χ3n) is 6.35. The molecule has 0 bridgehead atoms. The molecule has 1 N–H and O–H groups in total. The Balaban J connectivity index is 1.36. The van der Waals surface area contributed by atoms with Gasteiger partial charge in [0.1, 0.15) is 35.2 Å². The van der Waals surface area contributed by atoms with Crippen LogP contribution in [-0.4, -0.2) is 24.0 Å². The molecule has 43 heavy (non-hydrogen) atoms. The molecule has 1 saturated heterocycles. The third kappa shape index (κ3) is 6.84. The minimum atomic E-state index is -4.51. The van der Waals surface area contributed by atoms with Crippen LogP contribution >= 0.6 is 12.2 Å². The standard InChI is InChI=1S/C32H23F3N2O5S/c1-40-28-15-10-20(16-21(28)19-41-26-9-5-6-22(18-26)32(33,34)35)17-27-29(38)36-31(43)37(30(27)39)23-11-13-25(14-12-23)42-24-7-3-2-4-8-24/h2-18H,19H2,1H3,(H,36,38,43)/b27-17+. The number of para-hydroxylation sites is 1. The summed E-state index contributed by atoms with van der Waals surface area (Å²) in [6, 6.07) is 25.2. The van der Waals surface area contributed by atoms with E-state index in [1.807, 2.05) is 30.3 Å². The molecule has 0 atom stereocenters. The lowest BCUT2D eigenvalue weighted by Gasteiger charge is -2.29. The number of alkyl halides is 3. The molecule has 0 radical (unpaired) electrons. The molecule has 1 aliphatic heterocycles. The zero-order valence-electron chi connectivity index (χ0n) is 22.6. The van der Waals surface area contributed by atoms with Crippen molar-refractivity contribution >= 4 is 40.9 Å². The largest absolute Gasteiger partial charge is 0.496 e. The number of benzene rings is 4. The van der Waals surface area contributed by atoms with Crippen molar-refractivity contribution in [2.75, 3.05) is 12.0 Å². The van der Waals surface area contributed by atoms with Gasteiger partial charge in [0.15, 0.2) is 5.11 Å². The van der Waals surface area contributed by atoms with E-state index in [0.717, 1.165) is 12.1 Å². The van der Waals surface area contributed by atoms with Gasteiger partial charge < -0.3 is 14.2 Å². The highest BCUT2D eigenvalue weighted by atomic mass is 32.1. The molecule has 218 valence electrons. The summed E-state index contributed by atoms with van der Waals surface area (Å²) in [5.41, 5.74) is 0.359. The van der Waals surface area contributed by atoms with Crippen LogP contribution < -0.4 is 24.4 Å². The van der Waals surface area contributed by atoms with Crippen molar-refractivity contribution in [2.45, 2.75) is 12.8 Å². The van der Waals surface area contributed by atoms with Crippen molar-refractivity contribution in [2.24, 2.45) is 0 Å². The molecule has 1 heterocycles. The smallest absolute Gasteiger partial charge is 0.416 e. The van der Waals surface area contributed by atoms with Crippen LogP contribution in [0.2, 0.25) is 0 Å². The van der Waals surface area contributed by atoms with Gasteiger partial charge in [0.05, 0.1) is 18.4 Å². The normalized spacial score (nSPS) is 14.5. The van der Waals surface area contributed by atoms with E-state index in [1.165, 1.54) is 30.2 Å². The fourth-order valence-electron chi connectivity index (χ4n) is 4.27. The van der Waals surface area contributed by atoms with Gasteiger partial charge in [-0.25, -0.2) is 0 Å². The monoisotopic (exact) mass is 604 g/mol. The summed E-state index contributed by atoms with van der Waals surface area (Å²) in [6.07, 6.45) is -3.11. The number of hydrogen-bond acceptors (Lipinski definition) is 6. The SMILES string of the molecule is COc1ccc(/C=C2\C(=O)NC(=S)N(c3ccc(Oc4ccccc4)cc3)C2=O)cc1COc1cccc(C(F)(F)F)c1. The number of halogens is 3. The van der Waals surface area contributed by atoms with E-state index >= 15 is 0 Å². The highest BCUT2D eigenvalue weighted by Gasteiger charge is 2.34. The fraction of sp³-hybridized carbons (Fsp3) is 0.0938. The Labute approximate surface area is 250 Å². The Morgan fingerprint density at radius 3 is 2.26 bits per heavy atom. The predicted octanol–water partition coefficient (Wildman–Crippen LogP) is 6.92. The number of nitrogens with zero attached hydrogens (tertiary/aromatic N) is 1. The molecule has 1 aliphatic rings. The first-order chi connectivity index (χ1) is 20.6. The molecule has 0 aromatic heterocycles. The zero-order valence-corrected chi connectivity index (χ0v) is 23.4. The maximum absolute atomic E-state index is 13.5. The third-order valence-corrected chi connectivity index (χ3v) is 6.63. The van der Waals surface area contributed by atoms with E-state index in [0.29, 0.717) is 34.1 Å². The van der Waals surface area contributed by atoms with Crippen LogP contribution in [0.4, 0.5) is 18.9 Å². The molecule has 0 aliphatic carbocycles. The maximum atomic E-state index is 13.5. The van der Waals surface area contributed by atoms with Crippen LogP contribution in [0.3, 0.4) is 0 Å². The highest BCUT2D eigenvalue weighted by molar-refractivity contribution is 7.80. The van der Waals surface area contributed by atoms with E-state index in [2.05, 4.69) is 5.32 Å². The quantitative estimate of drug-likeness (QED) is 0.134. The molecule has 11 heteroatoms. The molecule has 4 aromatic carbocycles.